The predicted molar refractivity (Wildman–Crippen MR) is 83.3 cm³/mol. The van der Waals surface area contributed by atoms with Crippen molar-refractivity contribution in [2.45, 2.75) is 4.90 Å². The van der Waals surface area contributed by atoms with E-state index in [1.807, 2.05) is 0 Å². The fourth-order valence-corrected chi connectivity index (χ4v) is 2.97. The van der Waals surface area contributed by atoms with Crippen molar-refractivity contribution in [2.24, 2.45) is 0 Å². The molecule has 0 radical (unpaired) electrons. The molecule has 0 aliphatic carbocycles. The monoisotopic (exact) mass is 342 g/mol. The fourth-order valence-electron chi connectivity index (χ4n) is 1.81. The third-order valence-electron chi connectivity index (χ3n) is 2.98. The van der Waals surface area contributed by atoms with Gasteiger partial charge >= 0.3 is 0 Å². The molecule has 0 saturated carbocycles. The molecule has 9 heteroatoms. The molecule has 1 heterocycles. The van der Waals surface area contributed by atoms with Crippen LogP contribution in [0.5, 0.6) is 0 Å². The minimum Gasteiger partial charge on any atom is -0.360 e. The first-order chi connectivity index (χ1) is 10.8. The SMILES string of the molecule is CN(C)c1nc(NCCS(=O)(=O)c2ccc(F)cc2)ncc1F. The van der Waals surface area contributed by atoms with Gasteiger partial charge in [0.2, 0.25) is 5.95 Å². The van der Waals surface area contributed by atoms with Gasteiger partial charge in [0.1, 0.15) is 5.82 Å². The first-order valence-electron chi connectivity index (χ1n) is 6.71. The zero-order chi connectivity index (χ0) is 17.0. The van der Waals surface area contributed by atoms with Gasteiger partial charge < -0.3 is 10.2 Å². The number of nitrogens with one attached hydrogen (secondary N) is 1. The minimum atomic E-state index is -3.55. The Morgan fingerprint density at radius 2 is 1.83 bits per heavy atom. The predicted octanol–water partition coefficient (Wildman–Crippen LogP) is 1.71. The van der Waals surface area contributed by atoms with E-state index in [0.29, 0.717) is 0 Å². The van der Waals surface area contributed by atoms with E-state index in [9.17, 15) is 17.2 Å². The van der Waals surface area contributed by atoms with E-state index in [1.165, 1.54) is 17.0 Å². The van der Waals surface area contributed by atoms with Crippen molar-refractivity contribution in [3.05, 3.63) is 42.1 Å². The van der Waals surface area contributed by atoms with Crippen molar-refractivity contribution in [3.63, 3.8) is 0 Å². The molecule has 1 aromatic heterocycles. The Balaban J connectivity index is 2.02. The number of benzene rings is 1. The summed E-state index contributed by atoms with van der Waals surface area (Å²) in [5, 5.41) is 2.74. The smallest absolute Gasteiger partial charge is 0.224 e. The Morgan fingerprint density at radius 3 is 2.43 bits per heavy atom. The normalized spacial score (nSPS) is 11.3. The zero-order valence-corrected chi connectivity index (χ0v) is 13.4. The van der Waals surface area contributed by atoms with Gasteiger partial charge in [-0.25, -0.2) is 22.2 Å². The molecule has 2 rings (SSSR count). The van der Waals surface area contributed by atoms with Gasteiger partial charge in [-0.3, -0.25) is 0 Å². The second kappa shape index (κ2) is 6.86. The van der Waals surface area contributed by atoms with Crippen molar-refractivity contribution in [3.8, 4) is 0 Å². The van der Waals surface area contributed by atoms with Crippen LogP contribution >= 0.6 is 0 Å². The number of sulfone groups is 1. The minimum absolute atomic E-state index is 0.0368. The Hall–Kier alpha value is -2.29. The van der Waals surface area contributed by atoms with E-state index in [-0.39, 0.29) is 29.0 Å². The molecule has 23 heavy (non-hydrogen) atoms. The maximum absolute atomic E-state index is 13.5. The van der Waals surface area contributed by atoms with Gasteiger partial charge in [-0.15, -0.1) is 0 Å². The molecule has 0 amide bonds. The molecule has 1 N–H and O–H groups in total. The van der Waals surface area contributed by atoms with Gasteiger partial charge in [-0.2, -0.15) is 4.98 Å². The quantitative estimate of drug-likeness (QED) is 0.806. The topological polar surface area (TPSA) is 75.2 Å². The van der Waals surface area contributed by atoms with Crippen molar-refractivity contribution in [1.29, 1.82) is 0 Å². The number of anilines is 2. The summed E-state index contributed by atoms with van der Waals surface area (Å²) >= 11 is 0. The van der Waals surface area contributed by atoms with Crippen molar-refractivity contribution in [2.75, 3.05) is 36.6 Å². The van der Waals surface area contributed by atoms with E-state index in [4.69, 9.17) is 0 Å². The Bertz CT molecular complexity index is 780. The largest absolute Gasteiger partial charge is 0.360 e. The van der Waals surface area contributed by atoms with Crippen LogP contribution in [-0.2, 0) is 9.84 Å². The lowest BCUT2D eigenvalue weighted by Crippen LogP contribution is -2.19. The van der Waals surface area contributed by atoms with Crippen LogP contribution in [0.15, 0.2) is 35.4 Å². The van der Waals surface area contributed by atoms with Crippen LogP contribution < -0.4 is 10.2 Å². The number of halogens is 2. The lowest BCUT2D eigenvalue weighted by atomic mass is 10.4. The highest BCUT2D eigenvalue weighted by Crippen LogP contribution is 2.15. The van der Waals surface area contributed by atoms with Gasteiger partial charge in [0.25, 0.3) is 0 Å². The van der Waals surface area contributed by atoms with Crippen molar-refractivity contribution >= 4 is 21.6 Å². The van der Waals surface area contributed by atoms with Gasteiger partial charge in [-0.1, -0.05) is 0 Å². The van der Waals surface area contributed by atoms with Gasteiger partial charge in [-0.05, 0) is 24.3 Å². The third-order valence-corrected chi connectivity index (χ3v) is 4.71. The van der Waals surface area contributed by atoms with Crippen LogP contribution in [0.25, 0.3) is 0 Å². The number of hydrogen-bond acceptors (Lipinski definition) is 6. The lowest BCUT2D eigenvalue weighted by molar-refractivity contribution is 0.594. The van der Waals surface area contributed by atoms with E-state index in [0.717, 1.165) is 18.3 Å². The summed E-state index contributed by atoms with van der Waals surface area (Å²) < 4.78 is 50.5. The standard InChI is InChI=1S/C14H16F2N4O2S/c1-20(2)13-12(16)9-18-14(19-13)17-7-8-23(21,22)11-5-3-10(15)4-6-11/h3-6,9H,7-8H2,1-2H3,(H,17,18,19). The summed E-state index contributed by atoms with van der Waals surface area (Å²) in [5.41, 5.74) is 0. The molecule has 1 aromatic carbocycles. The summed E-state index contributed by atoms with van der Waals surface area (Å²) in [6.07, 6.45) is 1.01. The van der Waals surface area contributed by atoms with Crippen molar-refractivity contribution < 1.29 is 17.2 Å². The molecule has 0 aliphatic rings. The highest BCUT2D eigenvalue weighted by Gasteiger charge is 2.15. The summed E-state index contributed by atoms with van der Waals surface area (Å²) in [4.78, 5) is 9.24. The molecular weight excluding hydrogens is 326 g/mol. The van der Waals surface area contributed by atoms with Gasteiger partial charge in [0.05, 0.1) is 16.8 Å². The van der Waals surface area contributed by atoms with E-state index >= 15 is 0 Å². The van der Waals surface area contributed by atoms with Crippen LogP contribution in [0.4, 0.5) is 20.5 Å². The fraction of sp³-hybridized carbons (Fsp3) is 0.286. The maximum atomic E-state index is 13.5. The van der Waals surface area contributed by atoms with Crippen LogP contribution in [0.2, 0.25) is 0 Å². The third kappa shape index (κ3) is 4.35. The van der Waals surface area contributed by atoms with E-state index < -0.39 is 21.5 Å². The van der Waals surface area contributed by atoms with Crippen molar-refractivity contribution in [1.82, 2.24) is 9.97 Å². The molecular formula is C14H16F2N4O2S. The Labute approximate surface area is 133 Å². The summed E-state index contributed by atoms with van der Waals surface area (Å²) in [6.45, 7) is 0.0399. The molecule has 0 fully saturated rings. The van der Waals surface area contributed by atoms with E-state index in [2.05, 4.69) is 15.3 Å². The molecule has 0 unspecified atom stereocenters. The van der Waals surface area contributed by atoms with Gasteiger partial charge in [0, 0.05) is 20.6 Å². The molecule has 0 spiro atoms. The van der Waals surface area contributed by atoms with Crippen LogP contribution in [-0.4, -0.2) is 44.8 Å². The Kier molecular flexibility index (Phi) is 5.09. The number of aromatic nitrogens is 2. The number of hydrogen-bond donors (Lipinski definition) is 1. The maximum Gasteiger partial charge on any atom is 0.224 e. The summed E-state index contributed by atoms with van der Waals surface area (Å²) in [6, 6.07) is 4.60. The highest BCUT2D eigenvalue weighted by molar-refractivity contribution is 7.91. The highest BCUT2D eigenvalue weighted by atomic mass is 32.2. The number of nitrogens with zero attached hydrogens (tertiary/aromatic N) is 3. The summed E-state index contributed by atoms with van der Waals surface area (Å²) in [7, 11) is -0.285. The second-order valence-electron chi connectivity index (χ2n) is 4.96. The first kappa shape index (κ1) is 17.1. The Morgan fingerprint density at radius 1 is 1.17 bits per heavy atom. The molecule has 0 bridgehead atoms. The average molecular weight is 342 g/mol. The zero-order valence-electron chi connectivity index (χ0n) is 12.6. The average Bonchev–Trinajstić information content (AvgIpc) is 2.49. The molecule has 0 aliphatic heterocycles. The van der Waals surface area contributed by atoms with Crippen LogP contribution in [0.3, 0.4) is 0 Å². The summed E-state index contributed by atoms with van der Waals surface area (Å²) in [5.74, 6) is -1.07. The van der Waals surface area contributed by atoms with Crippen LogP contribution in [0, 0.1) is 11.6 Å². The van der Waals surface area contributed by atoms with Crippen LogP contribution in [0.1, 0.15) is 0 Å². The van der Waals surface area contributed by atoms with Gasteiger partial charge in [0.15, 0.2) is 21.5 Å². The molecule has 6 nitrogen and oxygen atoms in total. The number of rotatable bonds is 6. The lowest BCUT2D eigenvalue weighted by Gasteiger charge is -2.13. The second-order valence-corrected chi connectivity index (χ2v) is 7.07. The molecule has 2 aromatic rings. The van der Waals surface area contributed by atoms with E-state index in [1.54, 1.807) is 14.1 Å². The molecule has 124 valence electrons. The molecule has 0 saturated heterocycles. The first-order valence-corrected chi connectivity index (χ1v) is 8.37. The molecule has 0 atom stereocenters.